The third-order valence-corrected chi connectivity index (χ3v) is 9.43. The van der Waals surface area contributed by atoms with E-state index in [9.17, 15) is 27.9 Å². The lowest BCUT2D eigenvalue weighted by Crippen LogP contribution is -2.61. The Kier molecular flexibility index (Phi) is 4.40. The molecule has 0 aromatic heterocycles. The number of aliphatic hydroxyl groups is 1. The predicted molar refractivity (Wildman–Crippen MR) is 97.3 cm³/mol. The van der Waals surface area contributed by atoms with Gasteiger partial charge in [-0.3, -0.25) is 9.59 Å². The number of hydrogen-bond donors (Lipinski definition) is 1. The Labute approximate surface area is 164 Å². The van der Waals surface area contributed by atoms with Gasteiger partial charge in [-0.15, -0.1) is 0 Å². The Hall–Kier alpha value is -0.910. The van der Waals surface area contributed by atoms with Crippen LogP contribution in [0.2, 0.25) is 0 Å². The van der Waals surface area contributed by atoms with Crippen molar-refractivity contribution in [2.45, 2.75) is 83.9 Å². The molecule has 0 aromatic carbocycles. The van der Waals surface area contributed by atoms with Gasteiger partial charge in [0, 0.05) is 18.3 Å². The largest absolute Gasteiger partial charge is 0.417 e. The number of carbonyl (C=O) groups is 2. The van der Waals surface area contributed by atoms with Gasteiger partial charge >= 0.3 is 6.18 Å². The zero-order valence-electron chi connectivity index (χ0n) is 16.9. The molecular weight excluding hydrogens is 369 g/mol. The SMILES string of the molecule is CC(=O)[C@H]1CC[C@H]2[C@@H]3CCC4CC(O)(C(F)(F)F)CC[C@]4(C)[C@H]3C(=O)C[C@]12C. The topological polar surface area (TPSA) is 54.4 Å². The highest BCUT2D eigenvalue weighted by molar-refractivity contribution is 5.87. The smallest absolute Gasteiger partial charge is 0.380 e. The van der Waals surface area contributed by atoms with E-state index in [1.165, 1.54) is 0 Å². The highest BCUT2D eigenvalue weighted by Gasteiger charge is 2.67. The summed E-state index contributed by atoms with van der Waals surface area (Å²) in [4.78, 5) is 25.6. The van der Waals surface area contributed by atoms with Crippen molar-refractivity contribution in [3.63, 3.8) is 0 Å². The number of hydrogen-bond acceptors (Lipinski definition) is 3. The van der Waals surface area contributed by atoms with Gasteiger partial charge in [0.05, 0.1) is 0 Å². The Balaban J connectivity index is 1.65. The summed E-state index contributed by atoms with van der Waals surface area (Å²) in [6.07, 6.45) is -1.52. The Morgan fingerprint density at radius 3 is 2.36 bits per heavy atom. The van der Waals surface area contributed by atoms with Crippen molar-refractivity contribution in [1.82, 2.24) is 0 Å². The lowest BCUT2D eigenvalue weighted by Gasteiger charge is -2.61. The summed E-state index contributed by atoms with van der Waals surface area (Å²) in [5, 5.41) is 10.3. The molecule has 0 aromatic rings. The molecule has 0 radical (unpaired) electrons. The second-order valence-electron chi connectivity index (χ2n) is 10.7. The van der Waals surface area contributed by atoms with Gasteiger partial charge < -0.3 is 5.11 Å². The molecule has 0 spiro atoms. The van der Waals surface area contributed by atoms with Crippen LogP contribution in [-0.2, 0) is 9.59 Å². The molecule has 28 heavy (non-hydrogen) atoms. The molecule has 6 heteroatoms. The fraction of sp³-hybridized carbons (Fsp3) is 0.909. The minimum Gasteiger partial charge on any atom is -0.380 e. The van der Waals surface area contributed by atoms with Crippen LogP contribution in [0.25, 0.3) is 0 Å². The van der Waals surface area contributed by atoms with Crippen molar-refractivity contribution in [3.8, 4) is 0 Å². The Morgan fingerprint density at radius 1 is 1.07 bits per heavy atom. The van der Waals surface area contributed by atoms with Gasteiger partial charge in [0.15, 0.2) is 5.60 Å². The molecule has 4 fully saturated rings. The van der Waals surface area contributed by atoms with E-state index in [4.69, 9.17) is 0 Å². The van der Waals surface area contributed by atoms with Crippen LogP contribution in [0.4, 0.5) is 13.2 Å². The third kappa shape index (κ3) is 2.58. The maximum absolute atomic E-state index is 13.4. The minimum atomic E-state index is -4.62. The second kappa shape index (κ2) is 6.05. The average molecular weight is 400 g/mol. The Morgan fingerprint density at radius 2 is 1.75 bits per heavy atom. The van der Waals surface area contributed by atoms with Gasteiger partial charge in [0.25, 0.3) is 0 Å². The molecule has 158 valence electrons. The fourth-order valence-electron chi connectivity index (χ4n) is 7.99. The van der Waals surface area contributed by atoms with Crippen LogP contribution < -0.4 is 0 Å². The van der Waals surface area contributed by atoms with Gasteiger partial charge in [0.2, 0.25) is 0 Å². The van der Waals surface area contributed by atoms with Crippen LogP contribution in [0.3, 0.4) is 0 Å². The molecule has 4 saturated carbocycles. The van der Waals surface area contributed by atoms with Gasteiger partial charge in [0.1, 0.15) is 11.6 Å². The molecule has 0 saturated heterocycles. The normalized spacial score (nSPS) is 51.2. The van der Waals surface area contributed by atoms with Gasteiger partial charge in [-0.1, -0.05) is 13.8 Å². The van der Waals surface area contributed by atoms with E-state index in [1.807, 2.05) is 6.92 Å². The van der Waals surface area contributed by atoms with Crippen molar-refractivity contribution in [2.75, 3.05) is 0 Å². The molecule has 0 aliphatic heterocycles. The van der Waals surface area contributed by atoms with E-state index in [0.717, 1.165) is 19.3 Å². The number of carbonyl (C=O) groups excluding carboxylic acids is 2. The fourth-order valence-corrected chi connectivity index (χ4v) is 7.99. The van der Waals surface area contributed by atoms with Crippen molar-refractivity contribution < 1.29 is 27.9 Å². The summed E-state index contributed by atoms with van der Waals surface area (Å²) >= 11 is 0. The third-order valence-electron chi connectivity index (χ3n) is 9.43. The van der Waals surface area contributed by atoms with Crippen LogP contribution in [0.5, 0.6) is 0 Å². The van der Waals surface area contributed by atoms with Crippen LogP contribution in [0, 0.1) is 40.4 Å². The van der Waals surface area contributed by atoms with E-state index in [2.05, 4.69) is 6.92 Å². The van der Waals surface area contributed by atoms with Crippen LogP contribution in [-0.4, -0.2) is 28.5 Å². The van der Waals surface area contributed by atoms with Gasteiger partial charge in [-0.25, -0.2) is 0 Å². The number of Topliss-reactive ketones (excluding diaryl/α,β-unsaturated/α-hetero) is 2. The Bertz CT molecular complexity index is 704. The second-order valence-corrected chi connectivity index (χ2v) is 10.7. The molecule has 2 unspecified atom stereocenters. The number of halogens is 3. The first kappa shape index (κ1) is 20.4. The van der Waals surface area contributed by atoms with Gasteiger partial charge in [-0.05, 0) is 80.5 Å². The number of alkyl halides is 3. The van der Waals surface area contributed by atoms with Crippen LogP contribution in [0.15, 0.2) is 0 Å². The van der Waals surface area contributed by atoms with E-state index in [1.54, 1.807) is 6.92 Å². The van der Waals surface area contributed by atoms with Crippen molar-refractivity contribution >= 4 is 11.6 Å². The summed E-state index contributed by atoms with van der Waals surface area (Å²) in [5.74, 6) is 0.166. The molecule has 3 nitrogen and oxygen atoms in total. The van der Waals surface area contributed by atoms with Crippen LogP contribution in [0.1, 0.15) is 72.1 Å². The molecule has 4 aliphatic carbocycles. The summed E-state index contributed by atoms with van der Waals surface area (Å²) in [6, 6.07) is 0. The molecule has 4 aliphatic rings. The maximum Gasteiger partial charge on any atom is 0.417 e. The lowest BCUT2D eigenvalue weighted by molar-refractivity contribution is -0.288. The monoisotopic (exact) mass is 400 g/mol. The summed E-state index contributed by atoms with van der Waals surface area (Å²) in [6.45, 7) is 5.69. The van der Waals surface area contributed by atoms with E-state index in [0.29, 0.717) is 18.8 Å². The molecule has 4 rings (SSSR count). The van der Waals surface area contributed by atoms with Crippen molar-refractivity contribution in [3.05, 3.63) is 0 Å². The molecule has 8 atom stereocenters. The maximum atomic E-state index is 13.4. The summed E-state index contributed by atoms with van der Waals surface area (Å²) < 4.78 is 40.2. The lowest BCUT2D eigenvalue weighted by atomic mass is 9.43. The van der Waals surface area contributed by atoms with Crippen LogP contribution >= 0.6 is 0 Å². The predicted octanol–water partition coefficient (Wildman–Crippen LogP) is 4.71. The first-order valence-corrected chi connectivity index (χ1v) is 10.7. The molecule has 1 N–H and O–H groups in total. The molecule has 0 heterocycles. The quantitative estimate of drug-likeness (QED) is 0.694. The zero-order chi connectivity index (χ0) is 20.7. The molecular formula is C22H31F3O3. The minimum absolute atomic E-state index is 0.0744. The van der Waals surface area contributed by atoms with Gasteiger partial charge in [-0.2, -0.15) is 13.2 Å². The highest BCUT2D eigenvalue weighted by atomic mass is 19.4. The average Bonchev–Trinajstić information content (AvgIpc) is 2.91. The number of ketones is 2. The first-order valence-electron chi connectivity index (χ1n) is 10.7. The number of rotatable bonds is 1. The highest BCUT2D eigenvalue weighted by Crippen LogP contribution is 2.67. The van der Waals surface area contributed by atoms with E-state index in [-0.39, 0.29) is 59.9 Å². The summed E-state index contributed by atoms with van der Waals surface area (Å²) in [7, 11) is 0. The first-order chi connectivity index (χ1) is 12.8. The standard InChI is InChI=1S/C22H31F3O3/c1-12(26)15-6-7-16-14-5-4-13-10-21(28,22(23,24)25)9-8-19(13,2)18(14)17(27)11-20(15,16)3/h13-16,18,28H,4-11H2,1-3H3/t13?,14-,15+,16-,18+,19-,20+,21?/m0/s1. The molecule has 0 bridgehead atoms. The van der Waals surface area contributed by atoms with Crippen molar-refractivity contribution in [2.24, 2.45) is 40.4 Å². The van der Waals surface area contributed by atoms with Crippen molar-refractivity contribution in [1.29, 1.82) is 0 Å². The zero-order valence-corrected chi connectivity index (χ0v) is 16.9. The number of fused-ring (bicyclic) bond motifs is 5. The summed E-state index contributed by atoms with van der Waals surface area (Å²) in [5.41, 5.74) is -3.40. The van der Waals surface area contributed by atoms with E-state index < -0.39 is 17.2 Å². The van der Waals surface area contributed by atoms with E-state index >= 15 is 0 Å². The molecule has 0 amide bonds.